The number of nitrogens with one attached hydrogen (secondary N) is 1. The zero-order chi connectivity index (χ0) is 12.1. The average Bonchev–Trinajstić information content (AvgIpc) is 2.38. The van der Waals surface area contributed by atoms with E-state index in [1.54, 1.807) is 0 Å². The van der Waals surface area contributed by atoms with Crippen molar-refractivity contribution >= 4 is 5.69 Å². The van der Waals surface area contributed by atoms with Gasteiger partial charge in [-0.2, -0.15) is 0 Å². The largest absolute Gasteiger partial charge is 0.381 e. The van der Waals surface area contributed by atoms with Crippen molar-refractivity contribution in [3.8, 4) is 0 Å². The molecule has 2 aromatic rings. The van der Waals surface area contributed by atoms with Gasteiger partial charge in [0.25, 0.3) is 0 Å². The van der Waals surface area contributed by atoms with Crippen LogP contribution in [0, 0.1) is 0 Å². The fraction of sp³-hybridized carbons (Fsp3) is 0.143. The van der Waals surface area contributed by atoms with E-state index >= 15 is 0 Å². The summed E-state index contributed by atoms with van der Waals surface area (Å²) < 4.78 is 0. The molecule has 0 aromatic heterocycles. The summed E-state index contributed by atoms with van der Waals surface area (Å²) in [6, 6.07) is 17.6. The van der Waals surface area contributed by atoms with E-state index in [2.05, 4.69) is 17.4 Å². The van der Waals surface area contributed by atoms with Crippen molar-refractivity contribution in [1.29, 1.82) is 0 Å². The molecule has 2 aromatic carbocycles. The maximum Gasteiger partial charge on any atom is 0.130 e. The van der Waals surface area contributed by atoms with Crippen LogP contribution in [-0.2, 0) is 6.54 Å². The highest BCUT2D eigenvalue weighted by Gasteiger charge is 2.06. The summed E-state index contributed by atoms with van der Waals surface area (Å²) in [5.41, 5.74) is 8.27. The fourth-order valence-electron chi connectivity index (χ4n) is 1.71. The molecule has 17 heavy (non-hydrogen) atoms. The van der Waals surface area contributed by atoms with E-state index in [0.717, 1.165) is 5.69 Å². The SMILES string of the molecule is NC(O)c1ccccc1NCc1ccccc1. The summed E-state index contributed by atoms with van der Waals surface area (Å²) >= 11 is 0. The van der Waals surface area contributed by atoms with Crippen LogP contribution < -0.4 is 11.1 Å². The summed E-state index contributed by atoms with van der Waals surface area (Å²) in [7, 11) is 0. The van der Waals surface area contributed by atoms with Gasteiger partial charge in [-0.3, -0.25) is 0 Å². The Labute approximate surface area is 101 Å². The zero-order valence-corrected chi connectivity index (χ0v) is 9.51. The summed E-state index contributed by atoms with van der Waals surface area (Å²) in [4.78, 5) is 0. The van der Waals surface area contributed by atoms with Crippen LogP contribution in [0.5, 0.6) is 0 Å². The van der Waals surface area contributed by atoms with Gasteiger partial charge in [0.05, 0.1) is 0 Å². The zero-order valence-electron chi connectivity index (χ0n) is 9.51. The molecule has 2 rings (SSSR count). The molecule has 0 radical (unpaired) electrons. The number of aliphatic hydroxyl groups excluding tert-OH is 1. The Hall–Kier alpha value is -1.84. The van der Waals surface area contributed by atoms with E-state index in [1.807, 2.05) is 42.5 Å². The smallest absolute Gasteiger partial charge is 0.130 e. The molecule has 0 amide bonds. The first-order chi connectivity index (χ1) is 8.27. The number of rotatable bonds is 4. The molecule has 1 atom stereocenters. The predicted molar refractivity (Wildman–Crippen MR) is 69.4 cm³/mol. The molecule has 3 nitrogen and oxygen atoms in total. The van der Waals surface area contributed by atoms with E-state index in [-0.39, 0.29) is 0 Å². The third kappa shape index (κ3) is 3.06. The second-order valence-corrected chi connectivity index (χ2v) is 3.87. The van der Waals surface area contributed by atoms with Gasteiger partial charge in [0.2, 0.25) is 0 Å². The summed E-state index contributed by atoms with van der Waals surface area (Å²) in [6.07, 6.45) is -0.950. The van der Waals surface area contributed by atoms with Crippen molar-refractivity contribution in [2.24, 2.45) is 5.73 Å². The number of benzene rings is 2. The number of nitrogens with two attached hydrogens (primary N) is 1. The molecule has 0 saturated carbocycles. The molecule has 88 valence electrons. The Morgan fingerprint density at radius 3 is 2.35 bits per heavy atom. The van der Waals surface area contributed by atoms with Crippen LogP contribution in [-0.4, -0.2) is 5.11 Å². The maximum atomic E-state index is 9.44. The van der Waals surface area contributed by atoms with Gasteiger partial charge < -0.3 is 16.2 Å². The number of hydrogen-bond acceptors (Lipinski definition) is 3. The molecule has 1 unspecified atom stereocenters. The third-order valence-corrected chi connectivity index (χ3v) is 2.61. The molecule has 0 fully saturated rings. The maximum absolute atomic E-state index is 9.44. The summed E-state index contributed by atoms with van der Waals surface area (Å²) in [5, 5.41) is 12.7. The van der Waals surface area contributed by atoms with Gasteiger partial charge in [-0.25, -0.2) is 0 Å². The van der Waals surface area contributed by atoms with Crippen molar-refractivity contribution in [3.63, 3.8) is 0 Å². The first-order valence-corrected chi connectivity index (χ1v) is 5.58. The average molecular weight is 228 g/mol. The standard InChI is InChI=1S/C14H16N2O/c15-14(17)12-8-4-5-9-13(12)16-10-11-6-2-1-3-7-11/h1-9,14,16-17H,10,15H2. The van der Waals surface area contributed by atoms with Crippen LogP contribution in [0.1, 0.15) is 17.4 Å². The molecule has 0 saturated heterocycles. The Bertz CT molecular complexity index is 469. The van der Waals surface area contributed by atoms with Gasteiger partial charge in [-0.1, -0.05) is 48.5 Å². The molecule has 0 aliphatic heterocycles. The second kappa shape index (κ2) is 5.48. The van der Waals surface area contributed by atoms with Crippen LogP contribution in [0.25, 0.3) is 0 Å². The molecule has 0 bridgehead atoms. The second-order valence-electron chi connectivity index (χ2n) is 3.87. The van der Waals surface area contributed by atoms with Crippen LogP contribution in [0.2, 0.25) is 0 Å². The van der Waals surface area contributed by atoms with Crippen molar-refractivity contribution < 1.29 is 5.11 Å². The van der Waals surface area contributed by atoms with Crippen molar-refractivity contribution in [3.05, 3.63) is 65.7 Å². The highest BCUT2D eigenvalue weighted by atomic mass is 16.3. The molecule has 3 heteroatoms. The molecular formula is C14H16N2O. The highest BCUT2D eigenvalue weighted by Crippen LogP contribution is 2.20. The number of para-hydroxylation sites is 1. The van der Waals surface area contributed by atoms with Gasteiger partial charge in [0, 0.05) is 17.8 Å². The molecule has 0 aliphatic carbocycles. The summed E-state index contributed by atoms with van der Waals surface area (Å²) in [6.45, 7) is 0.713. The van der Waals surface area contributed by atoms with E-state index in [0.29, 0.717) is 12.1 Å². The van der Waals surface area contributed by atoms with Crippen molar-refractivity contribution in [2.45, 2.75) is 12.8 Å². The minimum Gasteiger partial charge on any atom is -0.381 e. The Morgan fingerprint density at radius 2 is 1.65 bits per heavy atom. The monoisotopic (exact) mass is 228 g/mol. The number of anilines is 1. The fourth-order valence-corrected chi connectivity index (χ4v) is 1.71. The van der Waals surface area contributed by atoms with E-state index in [4.69, 9.17) is 5.73 Å². The van der Waals surface area contributed by atoms with E-state index in [9.17, 15) is 5.11 Å². The molecule has 4 N–H and O–H groups in total. The van der Waals surface area contributed by atoms with Crippen LogP contribution in [0.15, 0.2) is 54.6 Å². The first kappa shape index (κ1) is 11.6. The lowest BCUT2D eigenvalue weighted by Crippen LogP contribution is -2.12. The summed E-state index contributed by atoms with van der Waals surface area (Å²) in [5.74, 6) is 0. The van der Waals surface area contributed by atoms with Gasteiger partial charge in [0.1, 0.15) is 6.23 Å². The number of aliphatic hydroxyl groups is 1. The third-order valence-electron chi connectivity index (χ3n) is 2.61. The quantitative estimate of drug-likeness (QED) is 0.703. The minimum absolute atomic E-state index is 0.712. The van der Waals surface area contributed by atoms with E-state index in [1.165, 1.54) is 5.56 Å². The topological polar surface area (TPSA) is 58.3 Å². The lowest BCUT2D eigenvalue weighted by molar-refractivity contribution is 0.187. The van der Waals surface area contributed by atoms with Crippen molar-refractivity contribution in [1.82, 2.24) is 0 Å². The Morgan fingerprint density at radius 1 is 1.00 bits per heavy atom. The normalized spacial score (nSPS) is 12.1. The predicted octanol–water partition coefficient (Wildman–Crippen LogP) is 2.25. The van der Waals surface area contributed by atoms with Crippen molar-refractivity contribution in [2.75, 3.05) is 5.32 Å². The molecule has 0 aliphatic rings. The van der Waals surface area contributed by atoms with Gasteiger partial charge in [-0.15, -0.1) is 0 Å². The Kier molecular flexibility index (Phi) is 3.75. The first-order valence-electron chi connectivity index (χ1n) is 5.58. The molecular weight excluding hydrogens is 212 g/mol. The van der Waals surface area contributed by atoms with Crippen LogP contribution in [0.3, 0.4) is 0 Å². The number of hydrogen-bond donors (Lipinski definition) is 3. The van der Waals surface area contributed by atoms with E-state index < -0.39 is 6.23 Å². The lowest BCUT2D eigenvalue weighted by Gasteiger charge is -2.13. The molecule has 0 heterocycles. The van der Waals surface area contributed by atoms with Gasteiger partial charge in [-0.05, 0) is 11.6 Å². The van der Waals surface area contributed by atoms with Crippen LogP contribution in [0.4, 0.5) is 5.69 Å². The highest BCUT2D eigenvalue weighted by molar-refractivity contribution is 5.52. The van der Waals surface area contributed by atoms with Gasteiger partial charge >= 0.3 is 0 Å². The van der Waals surface area contributed by atoms with Crippen LogP contribution >= 0.6 is 0 Å². The minimum atomic E-state index is -0.950. The Balaban J connectivity index is 2.09. The molecule has 0 spiro atoms. The lowest BCUT2D eigenvalue weighted by atomic mass is 10.1. The van der Waals surface area contributed by atoms with Gasteiger partial charge in [0.15, 0.2) is 0 Å².